The SMILES string of the molecule is CCCCCCCCC(C)C(Cl)(CCO)CCO. The molecule has 0 aliphatic carbocycles. The Morgan fingerprint density at radius 3 is 1.94 bits per heavy atom. The van der Waals surface area contributed by atoms with E-state index in [9.17, 15) is 0 Å². The van der Waals surface area contributed by atoms with Crippen LogP contribution in [-0.4, -0.2) is 28.3 Å². The van der Waals surface area contributed by atoms with Crippen LogP contribution in [-0.2, 0) is 0 Å². The van der Waals surface area contributed by atoms with Crippen molar-refractivity contribution < 1.29 is 10.2 Å². The first-order valence-electron chi connectivity index (χ1n) is 7.51. The molecule has 0 aliphatic heterocycles. The normalized spacial score (nSPS) is 13.8. The van der Waals surface area contributed by atoms with Gasteiger partial charge in [0.2, 0.25) is 0 Å². The first-order valence-corrected chi connectivity index (χ1v) is 7.89. The van der Waals surface area contributed by atoms with Crippen LogP contribution in [0.1, 0.15) is 71.6 Å². The molecular weight excluding hydrogens is 248 g/mol. The number of alkyl halides is 1. The van der Waals surface area contributed by atoms with Gasteiger partial charge in [-0.15, -0.1) is 11.6 Å². The van der Waals surface area contributed by atoms with Crippen LogP contribution in [0.25, 0.3) is 0 Å². The number of hydrogen-bond donors (Lipinski definition) is 2. The predicted molar refractivity (Wildman–Crippen MR) is 79.1 cm³/mol. The molecule has 0 fully saturated rings. The number of aliphatic hydroxyl groups excluding tert-OH is 2. The summed E-state index contributed by atoms with van der Waals surface area (Å²) in [6, 6.07) is 0. The zero-order valence-electron chi connectivity index (χ0n) is 12.1. The van der Waals surface area contributed by atoms with Gasteiger partial charge in [-0.3, -0.25) is 0 Å². The zero-order chi connectivity index (χ0) is 13.9. The number of hydrogen-bond acceptors (Lipinski definition) is 2. The fourth-order valence-corrected chi connectivity index (χ4v) is 2.76. The van der Waals surface area contributed by atoms with E-state index in [0.717, 1.165) is 6.42 Å². The van der Waals surface area contributed by atoms with Crippen molar-refractivity contribution in [2.45, 2.75) is 76.5 Å². The number of unbranched alkanes of at least 4 members (excludes halogenated alkanes) is 5. The lowest BCUT2D eigenvalue weighted by Crippen LogP contribution is -2.32. The van der Waals surface area contributed by atoms with Crippen LogP contribution in [0.5, 0.6) is 0 Å². The quantitative estimate of drug-likeness (QED) is 0.416. The molecule has 2 nitrogen and oxygen atoms in total. The highest BCUT2D eigenvalue weighted by Gasteiger charge is 2.32. The number of rotatable bonds is 12. The summed E-state index contributed by atoms with van der Waals surface area (Å²) in [5, 5.41) is 18.2. The van der Waals surface area contributed by atoms with Gasteiger partial charge < -0.3 is 10.2 Å². The molecule has 0 bridgehead atoms. The molecular formula is C15H31ClO2. The molecule has 0 aromatic rings. The van der Waals surface area contributed by atoms with E-state index in [2.05, 4.69) is 13.8 Å². The fraction of sp³-hybridized carbons (Fsp3) is 1.00. The molecule has 1 atom stereocenters. The summed E-state index contributed by atoms with van der Waals surface area (Å²) in [5.74, 6) is 0.352. The van der Waals surface area contributed by atoms with Crippen molar-refractivity contribution in [3.05, 3.63) is 0 Å². The monoisotopic (exact) mass is 278 g/mol. The second kappa shape index (κ2) is 11.1. The molecule has 0 heterocycles. The summed E-state index contributed by atoms with van der Waals surface area (Å²) in [6.07, 6.45) is 10.00. The summed E-state index contributed by atoms with van der Waals surface area (Å²) >= 11 is 6.53. The molecule has 0 aliphatic rings. The lowest BCUT2D eigenvalue weighted by molar-refractivity contribution is 0.193. The van der Waals surface area contributed by atoms with Crippen LogP contribution in [0.2, 0.25) is 0 Å². The third kappa shape index (κ3) is 7.60. The first-order chi connectivity index (χ1) is 8.60. The molecule has 0 aromatic carbocycles. The van der Waals surface area contributed by atoms with Gasteiger partial charge in [0.1, 0.15) is 0 Å². The number of halogens is 1. The zero-order valence-corrected chi connectivity index (χ0v) is 12.9. The van der Waals surface area contributed by atoms with Crippen molar-refractivity contribution in [3.8, 4) is 0 Å². The minimum absolute atomic E-state index is 0.102. The van der Waals surface area contributed by atoms with Crippen molar-refractivity contribution in [1.82, 2.24) is 0 Å². The van der Waals surface area contributed by atoms with Gasteiger partial charge in [0.15, 0.2) is 0 Å². The van der Waals surface area contributed by atoms with Gasteiger partial charge in [-0.1, -0.05) is 52.4 Å². The maximum atomic E-state index is 9.08. The average Bonchev–Trinajstić information content (AvgIpc) is 2.34. The summed E-state index contributed by atoms with van der Waals surface area (Å²) in [4.78, 5) is -0.424. The molecule has 3 heteroatoms. The van der Waals surface area contributed by atoms with Crippen molar-refractivity contribution in [2.75, 3.05) is 13.2 Å². The van der Waals surface area contributed by atoms with E-state index in [4.69, 9.17) is 21.8 Å². The Morgan fingerprint density at radius 1 is 0.944 bits per heavy atom. The van der Waals surface area contributed by atoms with Crippen molar-refractivity contribution in [2.24, 2.45) is 5.92 Å². The van der Waals surface area contributed by atoms with Gasteiger partial charge in [-0.25, -0.2) is 0 Å². The van der Waals surface area contributed by atoms with E-state index in [1.807, 2.05) is 0 Å². The molecule has 0 radical (unpaired) electrons. The van der Waals surface area contributed by atoms with E-state index in [-0.39, 0.29) is 13.2 Å². The maximum absolute atomic E-state index is 9.08. The Morgan fingerprint density at radius 2 is 1.44 bits per heavy atom. The molecule has 110 valence electrons. The van der Waals surface area contributed by atoms with Gasteiger partial charge in [0, 0.05) is 13.2 Å². The maximum Gasteiger partial charge on any atom is 0.0515 e. The van der Waals surface area contributed by atoms with Gasteiger partial charge in [0.05, 0.1) is 4.87 Å². The van der Waals surface area contributed by atoms with Crippen LogP contribution in [0.4, 0.5) is 0 Å². The topological polar surface area (TPSA) is 40.5 Å². The van der Waals surface area contributed by atoms with E-state index < -0.39 is 4.87 Å². The molecule has 0 amide bonds. The Hall–Kier alpha value is 0.210. The molecule has 2 N–H and O–H groups in total. The molecule has 18 heavy (non-hydrogen) atoms. The van der Waals surface area contributed by atoms with Crippen LogP contribution in [0.15, 0.2) is 0 Å². The van der Waals surface area contributed by atoms with Crippen LogP contribution in [0, 0.1) is 5.92 Å². The largest absolute Gasteiger partial charge is 0.396 e. The minimum atomic E-state index is -0.424. The van der Waals surface area contributed by atoms with E-state index in [1.54, 1.807) is 0 Å². The van der Waals surface area contributed by atoms with Gasteiger partial charge >= 0.3 is 0 Å². The van der Waals surface area contributed by atoms with Crippen molar-refractivity contribution >= 4 is 11.6 Å². The molecule has 0 saturated carbocycles. The summed E-state index contributed by atoms with van der Waals surface area (Å²) < 4.78 is 0. The van der Waals surface area contributed by atoms with Crippen molar-refractivity contribution in [1.29, 1.82) is 0 Å². The molecule has 0 saturated heterocycles. The Labute approximate surface area is 118 Å². The van der Waals surface area contributed by atoms with E-state index >= 15 is 0 Å². The smallest absolute Gasteiger partial charge is 0.0515 e. The highest BCUT2D eigenvalue weighted by molar-refractivity contribution is 6.24. The Kier molecular flexibility index (Phi) is 11.2. The molecule has 0 aromatic heterocycles. The molecule has 1 unspecified atom stereocenters. The summed E-state index contributed by atoms with van der Waals surface area (Å²) in [7, 11) is 0. The van der Waals surface area contributed by atoms with Gasteiger partial charge in [-0.05, 0) is 25.2 Å². The molecule has 0 rings (SSSR count). The van der Waals surface area contributed by atoms with Crippen LogP contribution < -0.4 is 0 Å². The van der Waals surface area contributed by atoms with E-state index in [0.29, 0.717) is 18.8 Å². The standard InChI is InChI=1S/C15H31ClO2/c1-3-4-5-6-7-8-9-14(2)15(16,10-12-17)11-13-18/h14,17-18H,3-13H2,1-2H3. The lowest BCUT2D eigenvalue weighted by Gasteiger charge is -2.32. The number of aliphatic hydroxyl groups is 2. The van der Waals surface area contributed by atoms with Gasteiger partial charge in [-0.2, -0.15) is 0 Å². The third-order valence-corrected chi connectivity index (χ3v) is 4.68. The van der Waals surface area contributed by atoms with Crippen LogP contribution >= 0.6 is 11.6 Å². The van der Waals surface area contributed by atoms with Crippen molar-refractivity contribution in [3.63, 3.8) is 0 Å². The lowest BCUT2D eigenvalue weighted by atomic mass is 9.84. The third-order valence-electron chi connectivity index (χ3n) is 3.93. The Balaban J connectivity index is 3.84. The highest BCUT2D eigenvalue weighted by atomic mass is 35.5. The highest BCUT2D eigenvalue weighted by Crippen LogP contribution is 2.35. The minimum Gasteiger partial charge on any atom is -0.396 e. The van der Waals surface area contributed by atoms with E-state index in [1.165, 1.54) is 38.5 Å². The fourth-order valence-electron chi connectivity index (χ4n) is 2.48. The summed E-state index contributed by atoms with van der Waals surface area (Å²) in [6.45, 7) is 4.58. The predicted octanol–water partition coefficient (Wildman–Crippen LogP) is 4.12. The first kappa shape index (κ1) is 18.2. The van der Waals surface area contributed by atoms with Crippen LogP contribution in [0.3, 0.4) is 0 Å². The Bertz CT molecular complexity index is 179. The second-order valence-electron chi connectivity index (χ2n) is 5.44. The summed E-state index contributed by atoms with van der Waals surface area (Å²) in [5.41, 5.74) is 0. The average molecular weight is 279 g/mol. The van der Waals surface area contributed by atoms with Gasteiger partial charge in [0.25, 0.3) is 0 Å². The second-order valence-corrected chi connectivity index (χ2v) is 6.19. The molecule has 0 spiro atoms.